The number of ether oxygens (including phenoxy) is 1. The molecule has 2 aromatic rings. The maximum atomic E-state index is 12.1. The number of aromatic nitrogens is 2. The Bertz CT molecular complexity index is 861. The van der Waals surface area contributed by atoms with Crippen LogP contribution >= 0.6 is 0 Å². The summed E-state index contributed by atoms with van der Waals surface area (Å²) < 4.78 is 5.08. The summed E-state index contributed by atoms with van der Waals surface area (Å²) in [5.74, 6) is -0.391. The monoisotopic (exact) mass is 357 g/mol. The number of rotatable bonds is 5. The van der Waals surface area contributed by atoms with E-state index >= 15 is 0 Å². The highest BCUT2D eigenvalue weighted by atomic mass is 16.5. The molecule has 0 bridgehead atoms. The van der Waals surface area contributed by atoms with E-state index in [0.717, 1.165) is 19.3 Å². The Morgan fingerprint density at radius 2 is 1.96 bits per heavy atom. The van der Waals surface area contributed by atoms with Gasteiger partial charge in [-0.1, -0.05) is 38.0 Å². The predicted octanol–water partition coefficient (Wildman–Crippen LogP) is 1.70. The van der Waals surface area contributed by atoms with Gasteiger partial charge in [0.1, 0.15) is 0 Å². The van der Waals surface area contributed by atoms with Crippen LogP contribution in [0.4, 0.5) is 0 Å². The van der Waals surface area contributed by atoms with Crippen LogP contribution in [0.3, 0.4) is 0 Å². The lowest BCUT2D eigenvalue weighted by atomic mass is 9.86. The van der Waals surface area contributed by atoms with Crippen molar-refractivity contribution in [2.75, 3.05) is 6.61 Å². The minimum atomic E-state index is -0.554. The SMILES string of the molecule is C[C@@H]1CCCC[C@@H]1NC(=O)COC(=O)Cc1n[nH]c(=O)c2ccccc12. The lowest BCUT2D eigenvalue weighted by Crippen LogP contribution is -2.43. The third-order valence-corrected chi connectivity index (χ3v) is 4.91. The van der Waals surface area contributed by atoms with E-state index < -0.39 is 5.97 Å². The first-order valence-electron chi connectivity index (χ1n) is 8.96. The molecule has 26 heavy (non-hydrogen) atoms. The Labute approximate surface area is 151 Å². The van der Waals surface area contributed by atoms with Gasteiger partial charge in [-0.2, -0.15) is 5.10 Å². The molecule has 7 heteroatoms. The Kier molecular flexibility index (Phi) is 5.65. The number of nitrogens with one attached hydrogen (secondary N) is 2. The smallest absolute Gasteiger partial charge is 0.312 e. The first-order chi connectivity index (χ1) is 12.5. The lowest BCUT2D eigenvalue weighted by Gasteiger charge is -2.29. The normalized spacial score (nSPS) is 19.9. The van der Waals surface area contributed by atoms with E-state index in [4.69, 9.17) is 4.74 Å². The third-order valence-electron chi connectivity index (χ3n) is 4.91. The van der Waals surface area contributed by atoms with Gasteiger partial charge in [0.15, 0.2) is 6.61 Å². The summed E-state index contributed by atoms with van der Waals surface area (Å²) in [6, 6.07) is 7.08. The number of aromatic amines is 1. The molecule has 0 unspecified atom stereocenters. The Morgan fingerprint density at radius 3 is 2.73 bits per heavy atom. The van der Waals surface area contributed by atoms with Crippen LogP contribution < -0.4 is 10.9 Å². The van der Waals surface area contributed by atoms with E-state index in [2.05, 4.69) is 22.4 Å². The molecule has 0 aliphatic heterocycles. The van der Waals surface area contributed by atoms with Gasteiger partial charge in [-0.15, -0.1) is 0 Å². The molecule has 1 aliphatic rings. The fourth-order valence-corrected chi connectivity index (χ4v) is 3.42. The predicted molar refractivity (Wildman–Crippen MR) is 96.6 cm³/mol. The molecule has 0 saturated heterocycles. The molecule has 138 valence electrons. The van der Waals surface area contributed by atoms with E-state index in [0.29, 0.717) is 22.4 Å². The number of amides is 1. The second-order valence-corrected chi connectivity index (χ2v) is 6.82. The number of nitrogens with zero attached hydrogens (tertiary/aromatic N) is 1. The number of fused-ring (bicyclic) bond motifs is 1. The van der Waals surface area contributed by atoms with Crippen molar-refractivity contribution in [3.05, 3.63) is 40.3 Å². The van der Waals surface area contributed by atoms with Gasteiger partial charge in [0.25, 0.3) is 11.5 Å². The first kappa shape index (κ1) is 18.1. The fraction of sp³-hybridized carbons (Fsp3) is 0.474. The summed E-state index contributed by atoms with van der Waals surface area (Å²) in [4.78, 5) is 35.8. The van der Waals surface area contributed by atoms with Gasteiger partial charge in [0.05, 0.1) is 17.5 Å². The van der Waals surface area contributed by atoms with Crippen LogP contribution in [0.25, 0.3) is 10.8 Å². The summed E-state index contributed by atoms with van der Waals surface area (Å²) in [6.45, 7) is 1.83. The van der Waals surface area contributed by atoms with Crippen molar-refractivity contribution in [2.24, 2.45) is 5.92 Å². The fourth-order valence-electron chi connectivity index (χ4n) is 3.42. The van der Waals surface area contributed by atoms with Crippen LogP contribution in [0.2, 0.25) is 0 Å². The summed E-state index contributed by atoms with van der Waals surface area (Å²) in [7, 11) is 0. The van der Waals surface area contributed by atoms with Crippen LogP contribution in [0.1, 0.15) is 38.3 Å². The van der Waals surface area contributed by atoms with Crippen LogP contribution in [-0.4, -0.2) is 34.7 Å². The molecule has 0 spiro atoms. The maximum Gasteiger partial charge on any atom is 0.312 e. The van der Waals surface area contributed by atoms with Gasteiger partial charge >= 0.3 is 5.97 Å². The van der Waals surface area contributed by atoms with E-state index in [-0.39, 0.29) is 30.5 Å². The highest BCUT2D eigenvalue weighted by Crippen LogP contribution is 2.23. The van der Waals surface area contributed by atoms with Gasteiger partial charge < -0.3 is 10.1 Å². The van der Waals surface area contributed by atoms with E-state index in [1.54, 1.807) is 24.3 Å². The quantitative estimate of drug-likeness (QED) is 0.793. The molecule has 1 aromatic heterocycles. The summed E-state index contributed by atoms with van der Waals surface area (Å²) in [5, 5.41) is 10.3. The van der Waals surface area contributed by atoms with Gasteiger partial charge in [-0.25, -0.2) is 5.10 Å². The molecule has 3 rings (SSSR count). The maximum absolute atomic E-state index is 12.1. The highest BCUT2D eigenvalue weighted by molar-refractivity contribution is 5.87. The van der Waals surface area contributed by atoms with Gasteiger partial charge in [-0.05, 0) is 24.8 Å². The van der Waals surface area contributed by atoms with Gasteiger partial charge in [0.2, 0.25) is 0 Å². The number of H-pyrrole nitrogens is 1. The number of esters is 1. The second-order valence-electron chi connectivity index (χ2n) is 6.82. The van der Waals surface area contributed by atoms with Crippen molar-refractivity contribution < 1.29 is 14.3 Å². The van der Waals surface area contributed by atoms with Crippen LogP contribution in [0, 0.1) is 5.92 Å². The average molecular weight is 357 g/mol. The van der Waals surface area contributed by atoms with Crippen LogP contribution in [0.15, 0.2) is 29.1 Å². The van der Waals surface area contributed by atoms with E-state index in [1.165, 1.54) is 6.42 Å². The first-order valence-corrected chi connectivity index (χ1v) is 8.96. The second kappa shape index (κ2) is 8.12. The average Bonchev–Trinajstić information content (AvgIpc) is 2.64. The molecule has 1 saturated carbocycles. The zero-order valence-corrected chi connectivity index (χ0v) is 14.8. The topological polar surface area (TPSA) is 101 Å². The zero-order chi connectivity index (χ0) is 18.5. The Morgan fingerprint density at radius 1 is 1.23 bits per heavy atom. The number of carbonyl (C=O) groups is 2. The number of benzene rings is 1. The zero-order valence-electron chi connectivity index (χ0n) is 14.8. The molecule has 7 nitrogen and oxygen atoms in total. The van der Waals surface area contributed by atoms with Crippen molar-refractivity contribution >= 4 is 22.6 Å². The largest absolute Gasteiger partial charge is 0.455 e. The van der Waals surface area contributed by atoms with Crippen molar-refractivity contribution in [2.45, 2.75) is 45.1 Å². The highest BCUT2D eigenvalue weighted by Gasteiger charge is 2.23. The minimum absolute atomic E-state index is 0.107. The summed E-state index contributed by atoms with van der Waals surface area (Å²) in [5.41, 5.74) is 0.116. The van der Waals surface area contributed by atoms with Crippen molar-refractivity contribution in [1.29, 1.82) is 0 Å². The molecule has 1 aliphatic carbocycles. The number of hydrogen-bond acceptors (Lipinski definition) is 5. The standard InChI is InChI=1S/C19H23N3O4/c1-12-6-2-5-9-15(12)20-17(23)11-26-18(24)10-16-13-7-3-4-8-14(13)19(25)22-21-16/h3-4,7-8,12,15H,2,5-6,9-11H2,1H3,(H,20,23)(H,22,25)/t12-,15+/m1/s1. The molecule has 1 amide bonds. The van der Waals surface area contributed by atoms with Gasteiger partial charge in [0, 0.05) is 11.4 Å². The Balaban J connectivity index is 1.55. The van der Waals surface area contributed by atoms with Gasteiger partial charge in [-0.3, -0.25) is 14.4 Å². The molecule has 1 fully saturated rings. The number of hydrogen-bond donors (Lipinski definition) is 2. The molecule has 0 radical (unpaired) electrons. The van der Waals surface area contributed by atoms with Crippen LogP contribution in [0.5, 0.6) is 0 Å². The van der Waals surface area contributed by atoms with E-state index in [1.807, 2.05) is 0 Å². The molecule has 1 heterocycles. The van der Waals surface area contributed by atoms with Crippen molar-refractivity contribution in [1.82, 2.24) is 15.5 Å². The summed E-state index contributed by atoms with van der Waals surface area (Å²) in [6.07, 6.45) is 4.27. The van der Waals surface area contributed by atoms with Crippen molar-refractivity contribution in [3.63, 3.8) is 0 Å². The third kappa shape index (κ3) is 4.28. The van der Waals surface area contributed by atoms with Crippen molar-refractivity contribution in [3.8, 4) is 0 Å². The Hall–Kier alpha value is -2.70. The van der Waals surface area contributed by atoms with Crippen LogP contribution in [-0.2, 0) is 20.7 Å². The molecule has 2 atom stereocenters. The molecular weight excluding hydrogens is 334 g/mol. The molecule has 1 aromatic carbocycles. The number of carbonyl (C=O) groups excluding carboxylic acids is 2. The molecular formula is C19H23N3O4. The minimum Gasteiger partial charge on any atom is -0.455 e. The molecule has 2 N–H and O–H groups in total. The summed E-state index contributed by atoms with van der Waals surface area (Å²) >= 11 is 0. The lowest BCUT2D eigenvalue weighted by molar-refractivity contribution is -0.148. The van der Waals surface area contributed by atoms with E-state index in [9.17, 15) is 14.4 Å².